The van der Waals surface area contributed by atoms with Crippen molar-refractivity contribution in [2.45, 2.75) is 0 Å². The first-order valence-corrected chi connectivity index (χ1v) is 3.94. The summed E-state index contributed by atoms with van der Waals surface area (Å²) in [6.45, 7) is 2.58. The summed E-state index contributed by atoms with van der Waals surface area (Å²) in [5, 5.41) is 11.1. The summed E-state index contributed by atoms with van der Waals surface area (Å²) in [6.07, 6.45) is 0. The number of nitrogens with two attached hydrogens (primary N) is 2. The van der Waals surface area contributed by atoms with E-state index >= 15 is 0 Å². The SMILES string of the molecule is CN(CCN)/N=N/N(C)CCN. The fourth-order valence-electron chi connectivity index (χ4n) is 0.600. The number of nitrogens with zero attached hydrogens (tertiary/aromatic N) is 4. The Bertz CT molecular complexity index is 111. The summed E-state index contributed by atoms with van der Waals surface area (Å²) in [6, 6.07) is 0. The third-order valence-electron chi connectivity index (χ3n) is 1.25. The molecular weight excluding hydrogens is 156 g/mol. The summed E-state index contributed by atoms with van der Waals surface area (Å²) < 4.78 is 0. The topological polar surface area (TPSA) is 83.2 Å². The molecule has 0 atom stereocenters. The highest BCUT2D eigenvalue weighted by molar-refractivity contribution is 4.43. The normalized spacial score (nSPS) is 10.7. The van der Waals surface area contributed by atoms with Crippen LogP contribution < -0.4 is 11.5 Å². The Hall–Kier alpha value is -0.880. The predicted molar refractivity (Wildman–Crippen MR) is 48.2 cm³/mol. The first kappa shape index (κ1) is 11.1. The molecule has 0 bridgehead atoms. The van der Waals surface area contributed by atoms with E-state index in [0.717, 1.165) is 0 Å². The number of hydrogen-bond acceptors (Lipinski definition) is 4. The zero-order valence-corrected chi connectivity index (χ0v) is 7.77. The van der Waals surface area contributed by atoms with Crippen LogP contribution in [0.25, 0.3) is 0 Å². The van der Waals surface area contributed by atoms with E-state index in [1.165, 1.54) is 0 Å². The smallest absolute Gasteiger partial charge is 0.0497 e. The lowest BCUT2D eigenvalue weighted by Crippen LogP contribution is -2.23. The minimum absolute atomic E-state index is 0.579. The molecule has 0 rings (SSSR count). The molecule has 0 fully saturated rings. The van der Waals surface area contributed by atoms with E-state index < -0.39 is 0 Å². The van der Waals surface area contributed by atoms with Crippen LogP contribution in [0.3, 0.4) is 0 Å². The summed E-state index contributed by atoms with van der Waals surface area (Å²) in [5.74, 6) is 0. The van der Waals surface area contributed by atoms with Crippen molar-refractivity contribution >= 4 is 0 Å². The Labute approximate surface area is 73.2 Å². The van der Waals surface area contributed by atoms with Crippen LogP contribution in [0.1, 0.15) is 0 Å². The lowest BCUT2D eigenvalue weighted by Gasteiger charge is -2.12. The molecule has 6 nitrogen and oxygen atoms in total. The molecule has 0 saturated carbocycles. The van der Waals surface area contributed by atoms with Gasteiger partial charge in [0.2, 0.25) is 0 Å². The van der Waals surface area contributed by atoms with E-state index in [0.29, 0.717) is 26.2 Å². The second kappa shape index (κ2) is 6.81. The Balaban J connectivity index is 3.57. The molecule has 0 spiro atoms. The summed E-state index contributed by atoms with van der Waals surface area (Å²) in [5.41, 5.74) is 10.6. The highest BCUT2D eigenvalue weighted by Gasteiger charge is 1.91. The van der Waals surface area contributed by atoms with Crippen LogP contribution in [0.2, 0.25) is 0 Å². The maximum atomic E-state index is 5.32. The quantitative estimate of drug-likeness (QED) is 0.402. The first-order valence-electron chi connectivity index (χ1n) is 3.94. The lowest BCUT2D eigenvalue weighted by atomic mass is 10.6. The van der Waals surface area contributed by atoms with Crippen molar-refractivity contribution in [3.63, 3.8) is 0 Å². The predicted octanol–water partition coefficient (Wildman–Crippen LogP) is -0.950. The van der Waals surface area contributed by atoms with E-state index in [1.807, 2.05) is 14.1 Å². The molecule has 0 aliphatic carbocycles. The highest BCUT2D eigenvalue weighted by atomic mass is 15.7. The number of likely N-dealkylation sites (N-methyl/N-ethyl adjacent to an activating group) is 2. The zero-order valence-electron chi connectivity index (χ0n) is 7.77. The number of hydrogen-bond donors (Lipinski definition) is 2. The molecule has 0 aromatic heterocycles. The molecule has 0 heterocycles. The van der Waals surface area contributed by atoms with E-state index in [-0.39, 0.29) is 0 Å². The second-order valence-electron chi connectivity index (χ2n) is 2.52. The minimum atomic E-state index is 0.579. The fraction of sp³-hybridized carbons (Fsp3) is 1.00. The van der Waals surface area contributed by atoms with Crippen LogP contribution in [0.4, 0.5) is 0 Å². The van der Waals surface area contributed by atoms with Gasteiger partial charge in [-0.2, -0.15) is 0 Å². The Morgan fingerprint density at radius 2 is 1.25 bits per heavy atom. The van der Waals surface area contributed by atoms with Gasteiger partial charge in [0.15, 0.2) is 0 Å². The Morgan fingerprint density at radius 3 is 1.50 bits per heavy atom. The lowest BCUT2D eigenvalue weighted by molar-refractivity contribution is 0.257. The van der Waals surface area contributed by atoms with Gasteiger partial charge in [-0.25, -0.2) is 0 Å². The monoisotopic (exact) mass is 174 g/mol. The molecule has 0 aliphatic heterocycles. The largest absolute Gasteiger partial charge is 0.329 e. The van der Waals surface area contributed by atoms with Crippen LogP contribution in [0, 0.1) is 0 Å². The molecule has 0 aromatic carbocycles. The van der Waals surface area contributed by atoms with Crippen LogP contribution >= 0.6 is 0 Å². The van der Waals surface area contributed by atoms with Crippen molar-refractivity contribution in [1.82, 2.24) is 10.0 Å². The molecule has 0 amide bonds. The van der Waals surface area contributed by atoms with Gasteiger partial charge >= 0.3 is 0 Å². The molecule has 0 saturated heterocycles. The van der Waals surface area contributed by atoms with Crippen molar-refractivity contribution in [2.75, 3.05) is 40.3 Å². The summed E-state index contributed by atoms with van der Waals surface area (Å²) in [7, 11) is 3.65. The zero-order chi connectivity index (χ0) is 9.40. The third-order valence-corrected chi connectivity index (χ3v) is 1.25. The van der Waals surface area contributed by atoms with Crippen molar-refractivity contribution in [1.29, 1.82) is 0 Å². The molecular formula is C6H18N6. The molecule has 4 N–H and O–H groups in total. The third kappa shape index (κ3) is 5.87. The minimum Gasteiger partial charge on any atom is -0.329 e. The van der Waals surface area contributed by atoms with Crippen LogP contribution in [0.15, 0.2) is 10.4 Å². The van der Waals surface area contributed by atoms with Gasteiger partial charge in [-0.15, -0.1) is 0 Å². The Morgan fingerprint density at radius 1 is 0.917 bits per heavy atom. The van der Waals surface area contributed by atoms with Crippen LogP contribution in [-0.4, -0.2) is 50.3 Å². The van der Waals surface area contributed by atoms with E-state index in [1.54, 1.807) is 10.0 Å². The Kier molecular flexibility index (Phi) is 6.31. The van der Waals surface area contributed by atoms with Gasteiger partial charge in [-0.3, -0.25) is 10.0 Å². The van der Waals surface area contributed by atoms with E-state index in [2.05, 4.69) is 10.4 Å². The number of rotatable bonds is 6. The average Bonchev–Trinajstić information content (AvgIpc) is 2.02. The van der Waals surface area contributed by atoms with Crippen LogP contribution in [-0.2, 0) is 0 Å². The van der Waals surface area contributed by atoms with Gasteiger partial charge < -0.3 is 11.5 Å². The van der Waals surface area contributed by atoms with E-state index in [4.69, 9.17) is 11.5 Å². The van der Waals surface area contributed by atoms with E-state index in [9.17, 15) is 0 Å². The second-order valence-corrected chi connectivity index (χ2v) is 2.52. The van der Waals surface area contributed by atoms with Gasteiger partial charge in [-0.05, 0) is 0 Å². The van der Waals surface area contributed by atoms with Crippen molar-refractivity contribution in [2.24, 2.45) is 21.9 Å². The molecule has 72 valence electrons. The standard InChI is InChI=1S/C6H18N6/c1-11(5-3-7)9-10-12(2)6-4-8/h3-8H2,1-2H3/b10-9+. The molecule has 6 heteroatoms. The van der Waals surface area contributed by atoms with Gasteiger partial charge in [0.05, 0.1) is 0 Å². The molecule has 0 aromatic rings. The van der Waals surface area contributed by atoms with Gasteiger partial charge in [0, 0.05) is 40.3 Å². The summed E-state index contributed by atoms with van der Waals surface area (Å²) in [4.78, 5) is 0. The molecule has 12 heavy (non-hydrogen) atoms. The van der Waals surface area contributed by atoms with Crippen molar-refractivity contribution in [3.8, 4) is 0 Å². The molecule has 0 unspecified atom stereocenters. The average molecular weight is 174 g/mol. The fourth-order valence-corrected chi connectivity index (χ4v) is 0.600. The van der Waals surface area contributed by atoms with Gasteiger partial charge in [0.1, 0.15) is 0 Å². The maximum absolute atomic E-state index is 5.32. The summed E-state index contributed by atoms with van der Waals surface area (Å²) >= 11 is 0. The maximum Gasteiger partial charge on any atom is 0.0497 e. The van der Waals surface area contributed by atoms with Gasteiger partial charge in [0.25, 0.3) is 0 Å². The van der Waals surface area contributed by atoms with Crippen LogP contribution in [0.5, 0.6) is 0 Å². The molecule has 0 radical (unpaired) electrons. The van der Waals surface area contributed by atoms with Crippen molar-refractivity contribution < 1.29 is 0 Å². The highest BCUT2D eigenvalue weighted by Crippen LogP contribution is 1.87. The molecule has 0 aliphatic rings. The first-order chi connectivity index (χ1) is 5.70. The van der Waals surface area contributed by atoms with Crippen molar-refractivity contribution in [3.05, 3.63) is 0 Å². The van der Waals surface area contributed by atoms with Gasteiger partial charge in [-0.1, -0.05) is 10.4 Å².